The van der Waals surface area contributed by atoms with Crippen molar-refractivity contribution in [1.29, 1.82) is 0 Å². The molecular weight excluding hydrogens is 339 g/mol. The molecule has 0 atom stereocenters. The first-order valence-electron chi connectivity index (χ1n) is 7.67. The van der Waals surface area contributed by atoms with E-state index < -0.39 is 0 Å². The number of para-hydroxylation sites is 2. The molecule has 1 aromatic heterocycles. The highest BCUT2D eigenvalue weighted by Crippen LogP contribution is 2.32. The van der Waals surface area contributed by atoms with Gasteiger partial charge in [-0.05, 0) is 35.9 Å². The molecule has 118 valence electrons. The molecule has 1 heterocycles. The summed E-state index contributed by atoms with van der Waals surface area (Å²) in [7, 11) is 0. The number of fused-ring (bicyclic) bond motifs is 1. The van der Waals surface area contributed by atoms with Crippen LogP contribution in [0, 0.1) is 0 Å². The summed E-state index contributed by atoms with van der Waals surface area (Å²) in [4.78, 5) is 4.81. The fourth-order valence-electron chi connectivity index (χ4n) is 2.88. The van der Waals surface area contributed by atoms with Crippen LogP contribution in [0.4, 0.5) is 0 Å². The molecule has 0 radical (unpaired) electrons. The fraction of sp³-hybridized carbons (Fsp3) is 0.0500. The first-order valence-corrected chi connectivity index (χ1v) is 8.42. The second-order valence-electron chi connectivity index (χ2n) is 5.62. The second kappa shape index (κ2) is 6.31. The lowest BCUT2D eigenvalue weighted by Gasteiger charge is -2.11. The van der Waals surface area contributed by atoms with Crippen molar-refractivity contribution in [1.82, 2.24) is 9.55 Å². The molecule has 0 saturated heterocycles. The Balaban J connectivity index is 1.93. The Bertz CT molecular complexity index is 1010. The van der Waals surface area contributed by atoms with Gasteiger partial charge in [0.2, 0.25) is 0 Å². The molecule has 4 aromatic rings. The summed E-state index contributed by atoms with van der Waals surface area (Å²) in [5, 5.41) is 1.22. The lowest BCUT2D eigenvalue weighted by atomic mass is 10.2. The van der Waals surface area contributed by atoms with Gasteiger partial charge < -0.3 is 4.57 Å². The summed E-state index contributed by atoms with van der Waals surface area (Å²) in [6.45, 7) is 0.732. The van der Waals surface area contributed by atoms with Gasteiger partial charge in [0, 0.05) is 17.1 Å². The number of rotatable bonds is 3. The van der Waals surface area contributed by atoms with Crippen molar-refractivity contribution >= 4 is 34.2 Å². The van der Waals surface area contributed by atoms with Crippen LogP contribution in [-0.2, 0) is 6.54 Å². The third-order valence-corrected chi connectivity index (χ3v) is 4.56. The van der Waals surface area contributed by atoms with Crippen LogP contribution in [0.5, 0.6) is 0 Å². The SMILES string of the molecule is Clc1ccc(-c2nc3ccccc3n2Cc2ccccc2)c(Cl)c1. The Labute approximate surface area is 150 Å². The van der Waals surface area contributed by atoms with E-state index >= 15 is 0 Å². The Morgan fingerprint density at radius 2 is 1.58 bits per heavy atom. The molecule has 0 fully saturated rings. The lowest BCUT2D eigenvalue weighted by molar-refractivity contribution is 0.834. The van der Waals surface area contributed by atoms with Crippen LogP contribution in [0.15, 0.2) is 72.8 Å². The molecule has 4 rings (SSSR count). The molecule has 0 unspecified atom stereocenters. The molecule has 0 N–H and O–H groups in total. The minimum Gasteiger partial charge on any atom is -0.319 e. The molecule has 2 nitrogen and oxygen atoms in total. The van der Waals surface area contributed by atoms with Gasteiger partial charge in [-0.15, -0.1) is 0 Å². The maximum atomic E-state index is 6.43. The van der Waals surface area contributed by atoms with E-state index in [2.05, 4.69) is 22.8 Å². The third kappa shape index (κ3) is 2.79. The van der Waals surface area contributed by atoms with Crippen LogP contribution in [0.1, 0.15) is 5.56 Å². The highest BCUT2D eigenvalue weighted by atomic mass is 35.5. The summed E-state index contributed by atoms with van der Waals surface area (Å²) in [5.74, 6) is 0.849. The minimum absolute atomic E-state index is 0.604. The zero-order chi connectivity index (χ0) is 16.5. The number of aromatic nitrogens is 2. The Morgan fingerprint density at radius 3 is 2.38 bits per heavy atom. The molecule has 0 amide bonds. The highest BCUT2D eigenvalue weighted by molar-refractivity contribution is 6.36. The number of halogens is 2. The van der Waals surface area contributed by atoms with Crippen molar-refractivity contribution in [2.75, 3.05) is 0 Å². The number of benzene rings is 3. The topological polar surface area (TPSA) is 17.8 Å². The van der Waals surface area contributed by atoms with Crippen LogP contribution >= 0.6 is 23.2 Å². The van der Waals surface area contributed by atoms with Crippen LogP contribution in [0.3, 0.4) is 0 Å². The number of hydrogen-bond donors (Lipinski definition) is 0. The Kier molecular flexibility index (Phi) is 4.01. The zero-order valence-electron chi connectivity index (χ0n) is 12.8. The number of imidazole rings is 1. The first kappa shape index (κ1) is 15.3. The summed E-state index contributed by atoms with van der Waals surface area (Å²) in [6.07, 6.45) is 0. The largest absolute Gasteiger partial charge is 0.319 e. The zero-order valence-corrected chi connectivity index (χ0v) is 14.3. The number of nitrogens with zero attached hydrogens (tertiary/aromatic N) is 2. The maximum Gasteiger partial charge on any atom is 0.142 e. The van der Waals surface area contributed by atoms with Gasteiger partial charge in [0.25, 0.3) is 0 Å². The Hall–Kier alpha value is -2.29. The molecule has 0 aliphatic heterocycles. The first-order chi connectivity index (χ1) is 11.7. The molecule has 0 aliphatic rings. The number of hydrogen-bond acceptors (Lipinski definition) is 1. The predicted octanol–water partition coefficient (Wildman–Crippen LogP) is 6.06. The molecule has 0 saturated carbocycles. The van der Waals surface area contributed by atoms with Crippen molar-refractivity contribution in [3.8, 4) is 11.4 Å². The van der Waals surface area contributed by atoms with Gasteiger partial charge in [-0.3, -0.25) is 0 Å². The smallest absolute Gasteiger partial charge is 0.142 e. The van der Waals surface area contributed by atoms with Crippen LogP contribution < -0.4 is 0 Å². The van der Waals surface area contributed by atoms with Crippen molar-refractivity contribution in [2.24, 2.45) is 0 Å². The third-order valence-electron chi connectivity index (χ3n) is 4.01. The predicted molar refractivity (Wildman–Crippen MR) is 101 cm³/mol. The van der Waals surface area contributed by atoms with E-state index in [9.17, 15) is 0 Å². The van der Waals surface area contributed by atoms with Crippen LogP contribution in [0.25, 0.3) is 22.4 Å². The van der Waals surface area contributed by atoms with E-state index in [-0.39, 0.29) is 0 Å². The van der Waals surface area contributed by atoms with Crippen molar-refractivity contribution in [3.63, 3.8) is 0 Å². The van der Waals surface area contributed by atoms with Gasteiger partial charge in [-0.1, -0.05) is 65.7 Å². The van der Waals surface area contributed by atoms with Gasteiger partial charge in [0.05, 0.1) is 16.1 Å². The van der Waals surface area contributed by atoms with E-state index in [0.29, 0.717) is 10.0 Å². The molecule has 0 aliphatic carbocycles. The molecular formula is C20H14Cl2N2. The van der Waals surface area contributed by atoms with Crippen molar-refractivity contribution in [2.45, 2.75) is 6.54 Å². The molecule has 0 spiro atoms. The van der Waals surface area contributed by atoms with Crippen LogP contribution in [0.2, 0.25) is 10.0 Å². The van der Waals surface area contributed by atoms with Gasteiger partial charge >= 0.3 is 0 Å². The minimum atomic E-state index is 0.604. The average molecular weight is 353 g/mol. The van der Waals surface area contributed by atoms with Crippen molar-refractivity contribution < 1.29 is 0 Å². The summed E-state index contributed by atoms with van der Waals surface area (Å²) < 4.78 is 2.19. The van der Waals surface area contributed by atoms with E-state index in [0.717, 1.165) is 29.0 Å². The molecule has 3 aromatic carbocycles. The quantitative estimate of drug-likeness (QED) is 0.438. The molecule has 24 heavy (non-hydrogen) atoms. The standard InChI is InChI=1S/C20H14Cl2N2/c21-15-10-11-16(17(22)12-15)20-23-18-8-4-5-9-19(18)24(20)13-14-6-2-1-3-7-14/h1-12H,13H2. The van der Waals surface area contributed by atoms with E-state index in [1.807, 2.05) is 48.5 Å². The summed E-state index contributed by atoms with van der Waals surface area (Å²) in [6, 6.07) is 24.0. The monoisotopic (exact) mass is 352 g/mol. The van der Waals surface area contributed by atoms with Gasteiger partial charge in [0.1, 0.15) is 5.82 Å². The molecule has 0 bridgehead atoms. The summed E-state index contributed by atoms with van der Waals surface area (Å²) in [5.41, 5.74) is 4.14. The second-order valence-corrected chi connectivity index (χ2v) is 6.46. The summed E-state index contributed by atoms with van der Waals surface area (Å²) >= 11 is 12.5. The average Bonchev–Trinajstić information content (AvgIpc) is 2.94. The van der Waals surface area contributed by atoms with Gasteiger partial charge in [0.15, 0.2) is 0 Å². The molecule has 4 heteroatoms. The van der Waals surface area contributed by atoms with E-state index in [4.69, 9.17) is 28.2 Å². The Morgan fingerprint density at radius 1 is 0.833 bits per heavy atom. The van der Waals surface area contributed by atoms with E-state index in [1.54, 1.807) is 6.07 Å². The van der Waals surface area contributed by atoms with Gasteiger partial charge in [-0.25, -0.2) is 4.98 Å². The van der Waals surface area contributed by atoms with E-state index in [1.165, 1.54) is 5.56 Å². The maximum absolute atomic E-state index is 6.43. The normalized spacial score (nSPS) is 11.1. The van der Waals surface area contributed by atoms with Gasteiger partial charge in [-0.2, -0.15) is 0 Å². The lowest BCUT2D eigenvalue weighted by Crippen LogP contribution is -2.02. The van der Waals surface area contributed by atoms with Crippen molar-refractivity contribution in [3.05, 3.63) is 88.4 Å². The van der Waals surface area contributed by atoms with Crippen LogP contribution in [-0.4, -0.2) is 9.55 Å². The fourth-order valence-corrected chi connectivity index (χ4v) is 3.37. The highest BCUT2D eigenvalue weighted by Gasteiger charge is 2.15.